The molecule has 2 N–H and O–H groups in total. The summed E-state index contributed by atoms with van der Waals surface area (Å²) in [7, 11) is 6.64. The van der Waals surface area contributed by atoms with Gasteiger partial charge in [-0.05, 0) is 103 Å². The molecular weight excluding hydrogens is 829 g/mol. The Morgan fingerprint density at radius 3 is 1.55 bits per heavy atom. The van der Waals surface area contributed by atoms with Crippen LogP contribution in [0.4, 0.5) is 0 Å². The number of hydrogen-bond donors (Lipinski definition) is 2. The van der Waals surface area contributed by atoms with Crippen LogP contribution in [0.25, 0.3) is 0 Å². The molecule has 8 fully saturated rings. The lowest BCUT2D eigenvalue weighted by molar-refractivity contribution is -0.347. The normalized spacial score (nSPS) is 55.0. The van der Waals surface area contributed by atoms with E-state index in [1.807, 2.05) is 27.7 Å². The van der Waals surface area contributed by atoms with E-state index in [4.69, 9.17) is 61.6 Å². The lowest BCUT2D eigenvalue weighted by atomic mass is 9.45. The summed E-state index contributed by atoms with van der Waals surface area (Å²) < 4.78 is 82.1. The maximum Gasteiger partial charge on any atom is 0.161 e. The first-order valence-corrected chi connectivity index (χ1v) is 24.6. The van der Waals surface area contributed by atoms with Gasteiger partial charge in [-0.1, -0.05) is 25.5 Å². The highest BCUT2D eigenvalue weighted by molar-refractivity contribution is 5.30. The topological polar surface area (TPSA) is 160 Å². The zero-order chi connectivity index (χ0) is 45.5. The van der Waals surface area contributed by atoms with Gasteiger partial charge in [-0.15, -0.1) is 0 Å². The highest BCUT2D eigenvalue weighted by atomic mass is 16.8. The Labute approximate surface area is 381 Å². The molecule has 0 radical (unpaired) electrons. The maximum atomic E-state index is 12.5. The summed E-state index contributed by atoms with van der Waals surface area (Å²) in [5.41, 5.74) is 0.690. The molecule has 25 atom stereocenters. The summed E-state index contributed by atoms with van der Waals surface area (Å²) >= 11 is 0. The summed E-state index contributed by atoms with van der Waals surface area (Å²) in [6, 6.07) is 0. The molecule has 15 heteroatoms. The number of ether oxygens (including phenoxy) is 13. The third-order valence-electron chi connectivity index (χ3n) is 18.3. The van der Waals surface area contributed by atoms with Crippen molar-refractivity contribution in [2.45, 2.75) is 241 Å². The Bertz CT molecular complexity index is 1640. The molecule has 0 unspecified atom stereocenters. The molecule has 0 aromatic rings. The molecule has 0 aromatic carbocycles. The van der Waals surface area contributed by atoms with Crippen LogP contribution in [-0.4, -0.2) is 161 Å². The molecule has 5 saturated heterocycles. The number of aliphatic hydroxyl groups excluding tert-OH is 1. The SMILES string of the molecule is CO[C@H]1C[C@H](O[C@H]2CC[C@@]3(C)C(=CC[C@@H]4[C@@H]3C[C@H]3O[C@H](C)[C@@H]5CC[C@@]4(O)[C@]35C)C2)O[C@H](C)[C@H]1O[C@H]1C[C@H](OC)[C@H](O[C@H]2C[C@@H](OC)[C@H](O[C@H]3C[C@@H](OC)[C@H](O)[C@@H](C)O3)[C@@H](C)O2)[C@@H](C)O1. The van der Waals surface area contributed by atoms with E-state index < -0.39 is 61.3 Å². The standard InChI is InChI=1S/C49H80O15/c1-24-31-15-17-49(51)32-13-12-29-18-30(14-16-47(29,6)33(32)19-38(56-24)48(31,49)7)61-39-21-35(53-9)44(26(3)58-39)63-41-23-37(55-11)46(28(5)60-41)64-42-22-36(54-10)45(27(4)59-42)62-40-20-34(52-8)43(50)25(2)57-40/h12,24-28,30-46,50-51H,13-23H2,1-11H3/t24-,25-,26-,27-,28-,30+,31+,32-,33+,34-,35+,36-,37+,38-,39+,40+,41+,42+,43-,44-,45-,46-,47+,48+,49+/m1/s1. The van der Waals surface area contributed by atoms with Gasteiger partial charge in [0.05, 0.1) is 72.7 Å². The zero-order valence-electron chi connectivity index (χ0n) is 40.3. The second-order valence-corrected chi connectivity index (χ2v) is 21.4. The Morgan fingerprint density at radius 1 is 0.547 bits per heavy atom. The number of aliphatic hydroxyl groups is 2. The molecule has 64 heavy (non-hydrogen) atoms. The van der Waals surface area contributed by atoms with Gasteiger partial charge >= 0.3 is 0 Å². The molecule has 0 amide bonds. The van der Waals surface area contributed by atoms with Crippen LogP contribution in [0.1, 0.15) is 119 Å². The highest BCUT2D eigenvalue weighted by Gasteiger charge is 2.73. The molecule has 366 valence electrons. The molecule has 0 bridgehead atoms. The molecular formula is C49H80O15. The minimum atomic E-state index is -0.728. The third-order valence-corrected chi connectivity index (χ3v) is 18.3. The summed E-state index contributed by atoms with van der Waals surface area (Å²) in [5.74, 6) is 1.12. The molecule has 0 spiro atoms. The molecule has 3 saturated carbocycles. The van der Waals surface area contributed by atoms with Gasteiger partial charge in [0.25, 0.3) is 0 Å². The van der Waals surface area contributed by atoms with Crippen molar-refractivity contribution < 1.29 is 71.8 Å². The Hall–Kier alpha value is -0.860. The van der Waals surface area contributed by atoms with E-state index in [9.17, 15) is 10.2 Å². The number of allylic oxidation sites excluding steroid dienone is 1. The fourth-order valence-electron chi connectivity index (χ4n) is 14.6. The number of hydrogen-bond acceptors (Lipinski definition) is 15. The molecule has 9 rings (SSSR count). The van der Waals surface area contributed by atoms with Crippen molar-refractivity contribution in [1.29, 1.82) is 0 Å². The first-order chi connectivity index (χ1) is 30.5. The molecule has 5 heterocycles. The van der Waals surface area contributed by atoms with Crippen LogP contribution in [0, 0.1) is 28.6 Å². The third kappa shape index (κ3) is 8.31. The van der Waals surface area contributed by atoms with E-state index in [-0.39, 0.29) is 77.8 Å². The molecule has 0 aromatic heterocycles. The van der Waals surface area contributed by atoms with E-state index in [0.29, 0.717) is 37.5 Å². The molecule has 15 nitrogen and oxygen atoms in total. The van der Waals surface area contributed by atoms with Crippen LogP contribution < -0.4 is 0 Å². The van der Waals surface area contributed by atoms with E-state index >= 15 is 0 Å². The van der Waals surface area contributed by atoms with Gasteiger partial charge in [0.2, 0.25) is 0 Å². The van der Waals surface area contributed by atoms with Gasteiger partial charge in [-0.25, -0.2) is 0 Å². The largest absolute Gasteiger partial charge is 0.389 e. The van der Waals surface area contributed by atoms with Crippen LogP contribution in [0.3, 0.4) is 0 Å². The summed E-state index contributed by atoms with van der Waals surface area (Å²) in [4.78, 5) is 0. The quantitative estimate of drug-likeness (QED) is 0.234. The van der Waals surface area contributed by atoms with E-state index in [1.165, 1.54) is 5.57 Å². The van der Waals surface area contributed by atoms with Gasteiger partial charge in [-0.2, -0.15) is 0 Å². The average Bonchev–Trinajstić information content (AvgIpc) is 3.70. The van der Waals surface area contributed by atoms with Gasteiger partial charge < -0.3 is 71.8 Å². The fourth-order valence-corrected chi connectivity index (χ4v) is 14.6. The minimum Gasteiger partial charge on any atom is -0.389 e. The van der Waals surface area contributed by atoms with Crippen molar-refractivity contribution in [1.82, 2.24) is 0 Å². The van der Waals surface area contributed by atoms with Crippen molar-refractivity contribution in [2.24, 2.45) is 28.6 Å². The summed E-state index contributed by atoms with van der Waals surface area (Å²) in [5, 5.41) is 23.0. The van der Waals surface area contributed by atoms with Crippen LogP contribution in [0.5, 0.6) is 0 Å². The Kier molecular flexibility index (Phi) is 14.2. The first kappa shape index (κ1) is 48.2. The molecule has 4 aliphatic carbocycles. The monoisotopic (exact) mass is 909 g/mol. The van der Waals surface area contributed by atoms with E-state index in [0.717, 1.165) is 44.9 Å². The zero-order valence-corrected chi connectivity index (χ0v) is 40.3. The highest BCUT2D eigenvalue weighted by Crippen LogP contribution is 2.71. The summed E-state index contributed by atoms with van der Waals surface area (Å²) in [6.45, 7) is 14.7. The van der Waals surface area contributed by atoms with Crippen LogP contribution in [0.15, 0.2) is 11.6 Å². The van der Waals surface area contributed by atoms with Crippen molar-refractivity contribution in [2.75, 3.05) is 28.4 Å². The second kappa shape index (κ2) is 18.8. The van der Waals surface area contributed by atoms with Crippen molar-refractivity contribution in [3.8, 4) is 0 Å². The van der Waals surface area contributed by atoms with Crippen molar-refractivity contribution in [3.63, 3.8) is 0 Å². The second-order valence-electron chi connectivity index (χ2n) is 21.4. The number of methoxy groups -OCH3 is 4. The van der Waals surface area contributed by atoms with Gasteiger partial charge in [0.15, 0.2) is 25.2 Å². The van der Waals surface area contributed by atoms with Crippen molar-refractivity contribution >= 4 is 0 Å². The van der Waals surface area contributed by atoms with Crippen molar-refractivity contribution in [3.05, 3.63) is 11.6 Å². The number of fused-ring (bicyclic) bond motifs is 4. The first-order valence-electron chi connectivity index (χ1n) is 24.6. The van der Waals surface area contributed by atoms with Gasteiger partial charge in [0.1, 0.15) is 24.4 Å². The average molecular weight is 909 g/mol. The van der Waals surface area contributed by atoms with Gasteiger partial charge in [-0.3, -0.25) is 0 Å². The lowest BCUT2D eigenvalue weighted by Crippen LogP contribution is -2.64. The number of rotatable bonds is 12. The van der Waals surface area contributed by atoms with Gasteiger partial charge in [0, 0.05) is 59.5 Å². The Morgan fingerprint density at radius 2 is 1.03 bits per heavy atom. The smallest absolute Gasteiger partial charge is 0.161 e. The van der Waals surface area contributed by atoms with Crippen LogP contribution >= 0.6 is 0 Å². The maximum absolute atomic E-state index is 12.5. The predicted octanol–water partition coefficient (Wildman–Crippen LogP) is 5.58. The summed E-state index contributed by atoms with van der Waals surface area (Å²) in [6.07, 6.45) is 4.47. The molecule has 5 aliphatic heterocycles. The predicted molar refractivity (Wildman–Crippen MR) is 231 cm³/mol. The van der Waals surface area contributed by atoms with Crippen LogP contribution in [0.2, 0.25) is 0 Å². The Balaban J connectivity index is 0.769. The van der Waals surface area contributed by atoms with E-state index in [1.54, 1.807) is 28.4 Å². The fraction of sp³-hybridized carbons (Fsp3) is 0.959. The van der Waals surface area contributed by atoms with Crippen LogP contribution in [-0.2, 0) is 61.6 Å². The molecule has 9 aliphatic rings. The minimum absolute atomic E-state index is 0.0279. The lowest BCUT2D eigenvalue weighted by Gasteiger charge is -2.61. The van der Waals surface area contributed by atoms with E-state index in [2.05, 4.69) is 26.8 Å².